The number of likely N-dealkylation sites (tertiary alicyclic amines) is 1. The van der Waals surface area contributed by atoms with Gasteiger partial charge in [0, 0.05) is 37.8 Å². The van der Waals surface area contributed by atoms with Gasteiger partial charge in [-0.2, -0.15) is 19.6 Å². The van der Waals surface area contributed by atoms with Crippen LogP contribution >= 0.6 is 0 Å². The van der Waals surface area contributed by atoms with Gasteiger partial charge in [0.2, 0.25) is 11.9 Å². The summed E-state index contributed by atoms with van der Waals surface area (Å²) in [7, 11) is 3.08. The van der Waals surface area contributed by atoms with Crippen molar-refractivity contribution < 1.29 is 14.3 Å². The summed E-state index contributed by atoms with van der Waals surface area (Å²) in [6.45, 7) is 8.10. The van der Waals surface area contributed by atoms with Crippen LogP contribution in [0.25, 0.3) is 5.65 Å². The average Bonchev–Trinajstić information content (AvgIpc) is 3.12. The predicted octanol–water partition coefficient (Wildman–Crippen LogP) is 2.34. The van der Waals surface area contributed by atoms with E-state index in [1.54, 1.807) is 16.5 Å². The van der Waals surface area contributed by atoms with Crippen molar-refractivity contribution in [1.82, 2.24) is 24.5 Å². The van der Waals surface area contributed by atoms with E-state index in [0.717, 1.165) is 24.1 Å². The van der Waals surface area contributed by atoms with Gasteiger partial charge in [0.05, 0.1) is 19.9 Å². The zero-order chi connectivity index (χ0) is 21.0. The van der Waals surface area contributed by atoms with Crippen molar-refractivity contribution in [2.45, 2.75) is 51.6 Å². The highest BCUT2D eigenvalue weighted by molar-refractivity contribution is 5.67. The fraction of sp³-hybridized carbons (Fsp3) is 0.684. The molecule has 0 saturated carbocycles. The number of anilines is 2. The van der Waals surface area contributed by atoms with Crippen LogP contribution < -0.4 is 10.6 Å². The van der Waals surface area contributed by atoms with Gasteiger partial charge in [-0.1, -0.05) is 13.8 Å². The molecule has 0 radical (unpaired) electrons. The molecule has 0 aromatic carbocycles. The summed E-state index contributed by atoms with van der Waals surface area (Å²) in [5.41, 5.74) is 1.86. The second kappa shape index (κ2) is 9.25. The summed E-state index contributed by atoms with van der Waals surface area (Å²) in [4.78, 5) is 22.8. The van der Waals surface area contributed by atoms with Crippen molar-refractivity contribution >= 4 is 23.6 Å². The normalized spacial score (nSPS) is 16.3. The number of methoxy groups -OCH3 is 2. The first-order valence-electron chi connectivity index (χ1n) is 10.0. The quantitative estimate of drug-likeness (QED) is 0.723. The molecule has 1 saturated heterocycles. The molecule has 29 heavy (non-hydrogen) atoms. The first kappa shape index (κ1) is 21.1. The number of hydrogen-bond acceptors (Lipinski definition) is 8. The summed E-state index contributed by atoms with van der Waals surface area (Å²) in [6.07, 6.45) is 3.19. The Bertz CT molecular complexity index is 831. The zero-order valence-corrected chi connectivity index (χ0v) is 17.8. The number of rotatable bonds is 7. The molecule has 0 aliphatic carbocycles. The molecule has 10 heteroatoms. The molecular formula is C19H31N7O3. The van der Waals surface area contributed by atoms with E-state index < -0.39 is 0 Å². The minimum Gasteiger partial charge on any atom is -0.453 e. The third-order valence-electron chi connectivity index (χ3n) is 5.07. The highest BCUT2D eigenvalue weighted by Gasteiger charge is 2.25. The summed E-state index contributed by atoms with van der Waals surface area (Å²) in [5, 5.41) is 11.3. The second-order valence-corrected chi connectivity index (χ2v) is 7.74. The molecule has 10 nitrogen and oxygen atoms in total. The predicted molar refractivity (Wildman–Crippen MR) is 110 cm³/mol. The van der Waals surface area contributed by atoms with Crippen molar-refractivity contribution in [2.75, 3.05) is 44.5 Å². The van der Waals surface area contributed by atoms with Gasteiger partial charge in [-0.05, 0) is 25.7 Å². The molecule has 1 unspecified atom stereocenters. The van der Waals surface area contributed by atoms with Crippen LogP contribution in [0.5, 0.6) is 0 Å². The van der Waals surface area contributed by atoms with E-state index in [-0.39, 0.29) is 18.2 Å². The summed E-state index contributed by atoms with van der Waals surface area (Å²) in [5.74, 6) is 1.48. The van der Waals surface area contributed by atoms with Gasteiger partial charge < -0.3 is 25.0 Å². The Kier molecular flexibility index (Phi) is 6.73. The molecular weight excluding hydrogens is 374 g/mol. The van der Waals surface area contributed by atoms with E-state index in [9.17, 15) is 4.79 Å². The fourth-order valence-corrected chi connectivity index (χ4v) is 3.49. The number of hydrogen-bond donors (Lipinski definition) is 2. The Balaban J connectivity index is 1.83. The van der Waals surface area contributed by atoms with Gasteiger partial charge in [0.25, 0.3) is 0 Å². The zero-order valence-electron chi connectivity index (χ0n) is 17.8. The molecule has 2 aromatic heterocycles. The standard InChI is InChI=1S/C19H31N7O3/c1-12(2)15-10-20-26-16(15)23-17(21-13(3)11-28-4)24-18(26)22-14-6-8-25(9-7-14)19(27)29-5/h10,12-14H,6-9,11H2,1-5H3,(H2,21,22,23,24). The van der Waals surface area contributed by atoms with E-state index in [0.29, 0.717) is 37.5 Å². The number of nitrogens with one attached hydrogen (secondary N) is 2. The van der Waals surface area contributed by atoms with Crippen molar-refractivity contribution in [3.63, 3.8) is 0 Å². The van der Waals surface area contributed by atoms with Gasteiger partial charge in [-0.3, -0.25) is 0 Å². The Morgan fingerprint density at radius 1 is 1.24 bits per heavy atom. The topological polar surface area (TPSA) is 106 Å². The first-order chi connectivity index (χ1) is 13.9. The lowest BCUT2D eigenvalue weighted by atomic mass is 10.1. The molecule has 0 bridgehead atoms. The SMILES string of the molecule is COCC(C)Nc1nc(NC2CCN(C(=O)OC)CC2)n2ncc(C(C)C)c2n1. The molecule has 3 heterocycles. The molecule has 1 aliphatic heterocycles. The lowest BCUT2D eigenvalue weighted by molar-refractivity contribution is 0.113. The Morgan fingerprint density at radius 3 is 2.59 bits per heavy atom. The van der Waals surface area contributed by atoms with Crippen LogP contribution in [0.15, 0.2) is 6.20 Å². The third kappa shape index (κ3) is 4.87. The Hall–Kier alpha value is -2.62. The number of aromatic nitrogens is 4. The van der Waals surface area contributed by atoms with Gasteiger partial charge >= 0.3 is 6.09 Å². The summed E-state index contributed by atoms with van der Waals surface area (Å²) in [6, 6.07) is 0.258. The highest BCUT2D eigenvalue weighted by atomic mass is 16.5. The average molecular weight is 406 g/mol. The van der Waals surface area contributed by atoms with Crippen LogP contribution in [0.2, 0.25) is 0 Å². The maximum Gasteiger partial charge on any atom is 0.409 e. The highest BCUT2D eigenvalue weighted by Crippen LogP contribution is 2.24. The molecule has 160 valence electrons. The van der Waals surface area contributed by atoms with Crippen LogP contribution in [-0.2, 0) is 9.47 Å². The minimum atomic E-state index is -0.278. The molecule has 1 aliphatic rings. The van der Waals surface area contributed by atoms with E-state index in [1.165, 1.54) is 7.11 Å². The van der Waals surface area contributed by atoms with E-state index in [2.05, 4.69) is 34.6 Å². The maximum atomic E-state index is 11.7. The molecule has 2 N–H and O–H groups in total. The van der Waals surface area contributed by atoms with Gasteiger partial charge in [-0.15, -0.1) is 0 Å². The maximum absolute atomic E-state index is 11.7. The largest absolute Gasteiger partial charge is 0.453 e. The molecule has 3 rings (SSSR count). The van der Waals surface area contributed by atoms with Crippen LogP contribution in [0.4, 0.5) is 16.7 Å². The number of fused-ring (bicyclic) bond motifs is 1. The van der Waals surface area contributed by atoms with Gasteiger partial charge in [-0.25, -0.2) is 4.79 Å². The number of amides is 1. The van der Waals surface area contributed by atoms with Gasteiger partial charge in [0.15, 0.2) is 5.65 Å². The van der Waals surface area contributed by atoms with Crippen LogP contribution in [0.3, 0.4) is 0 Å². The lowest BCUT2D eigenvalue weighted by Gasteiger charge is -2.31. The van der Waals surface area contributed by atoms with E-state index >= 15 is 0 Å². The molecule has 0 spiro atoms. The molecule has 1 atom stereocenters. The number of ether oxygens (including phenoxy) is 2. The number of carbonyl (C=O) groups excluding carboxylic acids is 1. The fourth-order valence-electron chi connectivity index (χ4n) is 3.49. The van der Waals surface area contributed by atoms with E-state index in [1.807, 2.05) is 13.1 Å². The monoisotopic (exact) mass is 405 g/mol. The molecule has 2 aromatic rings. The van der Waals surface area contributed by atoms with E-state index in [4.69, 9.17) is 14.5 Å². The number of nitrogens with zero attached hydrogens (tertiary/aromatic N) is 5. The Labute approximate surface area is 171 Å². The van der Waals surface area contributed by atoms with Gasteiger partial charge in [0.1, 0.15) is 0 Å². The van der Waals surface area contributed by atoms with Crippen LogP contribution in [0.1, 0.15) is 45.1 Å². The second-order valence-electron chi connectivity index (χ2n) is 7.74. The summed E-state index contributed by atoms with van der Waals surface area (Å²) < 4.78 is 11.8. The van der Waals surface area contributed by atoms with Crippen molar-refractivity contribution in [3.05, 3.63) is 11.8 Å². The third-order valence-corrected chi connectivity index (χ3v) is 5.07. The summed E-state index contributed by atoms with van der Waals surface area (Å²) >= 11 is 0. The minimum absolute atomic E-state index is 0.0732. The Morgan fingerprint density at radius 2 is 1.97 bits per heavy atom. The van der Waals surface area contributed by atoms with Crippen molar-refractivity contribution in [1.29, 1.82) is 0 Å². The van der Waals surface area contributed by atoms with Crippen molar-refractivity contribution in [3.8, 4) is 0 Å². The lowest BCUT2D eigenvalue weighted by Crippen LogP contribution is -2.42. The number of piperidine rings is 1. The van der Waals surface area contributed by atoms with Crippen LogP contribution in [-0.4, -0.2) is 76.6 Å². The first-order valence-corrected chi connectivity index (χ1v) is 10.0. The molecule has 1 fully saturated rings. The molecule has 1 amide bonds. The van der Waals surface area contributed by atoms with Crippen LogP contribution in [0, 0.1) is 0 Å². The van der Waals surface area contributed by atoms with Crippen molar-refractivity contribution in [2.24, 2.45) is 0 Å². The number of carbonyl (C=O) groups is 1. The smallest absolute Gasteiger partial charge is 0.409 e.